The topological polar surface area (TPSA) is 371 Å². The molecule has 3 aliphatic rings. The van der Waals surface area contributed by atoms with Gasteiger partial charge in [-0.05, 0) is 39.1 Å². The lowest BCUT2D eigenvalue weighted by molar-refractivity contribution is -0.159. The maximum absolute atomic E-state index is 13.7. The fraction of sp³-hybridized carbons (Fsp3) is 0.409. The molecule has 19 N–H and O–H groups in total. The summed E-state index contributed by atoms with van der Waals surface area (Å²) in [6.45, 7) is 1.40. The van der Waals surface area contributed by atoms with Gasteiger partial charge in [0.05, 0.1) is 17.2 Å². The number of nitrogens with zero attached hydrogens (tertiary/aromatic N) is 1. The number of ketones is 2. The zero-order valence-electron chi connectivity index (χ0n) is 20.7. The number of nitrogens with two attached hydrogens (primary N) is 1. The molecular formula is C22H36N2O14. The molecule has 16 nitrogen and oxygen atoms in total. The Hall–Kier alpha value is -3.45. The number of carbonyl (C=O) groups excluding carboxylic acids is 3. The van der Waals surface area contributed by atoms with Gasteiger partial charge in [0, 0.05) is 17.4 Å². The smallest absolute Gasteiger partial charge is 0.255 e. The van der Waals surface area contributed by atoms with E-state index in [4.69, 9.17) is 5.73 Å². The Kier molecular flexibility index (Phi) is 12.3. The first kappa shape index (κ1) is 39.1. The highest BCUT2D eigenvalue weighted by Gasteiger charge is 2.66. The molecule has 16 heteroatoms. The number of rotatable bonds is 2. The Bertz CT molecular complexity index is 1160. The number of Topliss-reactive ketones (excluding diaryl/α,β-unsaturated/α-hetero) is 2. The van der Waals surface area contributed by atoms with Crippen molar-refractivity contribution in [3.8, 4) is 5.75 Å². The molecule has 1 aromatic carbocycles. The lowest BCUT2D eigenvalue weighted by Gasteiger charge is -2.53. The van der Waals surface area contributed by atoms with Crippen LogP contribution in [0.5, 0.6) is 5.75 Å². The molecule has 1 fully saturated rings. The molecule has 0 radical (unpaired) electrons. The average molecular weight is 553 g/mol. The number of aromatic hydroxyl groups is 1. The molecule has 0 spiro atoms. The predicted octanol–water partition coefficient (Wildman–Crippen LogP) is -5.32. The standard InChI is InChI=1S/C22H24N2O8.6H2O/c1-21(31)8-5-4-6-11(25)12(8)16(26)13-9(21)7-10-15(24(2)3)17(27)14(20(23)30)19(29)22(10,32)18(13)28;;;;;;/h4-6,9-10,15,25-26,29,31-32H,7H2,1-3H3,(H2,23,30);6*1H2/t9-,10-,15-,21+,22-;;;;;;/m0....../s1. The Labute approximate surface area is 215 Å². The van der Waals surface area contributed by atoms with Crippen molar-refractivity contribution >= 4 is 23.2 Å². The van der Waals surface area contributed by atoms with Gasteiger partial charge in [-0.25, -0.2) is 0 Å². The number of aliphatic hydroxyl groups excluding tert-OH is 2. The van der Waals surface area contributed by atoms with Gasteiger partial charge < -0.3 is 64.1 Å². The van der Waals surface area contributed by atoms with Gasteiger partial charge in [0.2, 0.25) is 5.78 Å². The minimum Gasteiger partial charge on any atom is -0.508 e. The first-order chi connectivity index (χ1) is 14.8. The number of hydrogen-bond donors (Lipinski definition) is 6. The SMILES string of the molecule is CN(C)[C@@H]1C(=O)C(C(N)=O)=C(O)[C@@]2(O)C(=O)C3=C(O)c4c(O)cccc4[C@@](C)(O)[C@H]3C[C@@H]12.O.O.O.O.O.O. The van der Waals surface area contributed by atoms with E-state index in [2.05, 4.69) is 0 Å². The summed E-state index contributed by atoms with van der Waals surface area (Å²) in [7, 11) is 3.01. The van der Waals surface area contributed by atoms with Crippen molar-refractivity contribution in [2.24, 2.45) is 17.6 Å². The fourth-order valence-electron chi connectivity index (χ4n) is 5.50. The van der Waals surface area contributed by atoms with E-state index in [1.807, 2.05) is 0 Å². The van der Waals surface area contributed by atoms with Crippen molar-refractivity contribution in [2.45, 2.75) is 30.6 Å². The second-order valence-electron chi connectivity index (χ2n) is 8.96. The Morgan fingerprint density at radius 2 is 1.53 bits per heavy atom. The Balaban J connectivity index is -0.00000204. The van der Waals surface area contributed by atoms with Crippen LogP contribution in [0.15, 0.2) is 35.1 Å². The largest absolute Gasteiger partial charge is 0.508 e. The minimum absolute atomic E-state index is 0. The monoisotopic (exact) mass is 552 g/mol. The first-order valence-corrected chi connectivity index (χ1v) is 9.97. The number of carbonyl (C=O) groups is 3. The molecule has 0 bridgehead atoms. The number of phenols is 1. The highest BCUT2D eigenvalue weighted by molar-refractivity contribution is 6.24. The second kappa shape index (κ2) is 11.9. The molecule has 0 aromatic heterocycles. The van der Waals surface area contributed by atoms with Gasteiger partial charge >= 0.3 is 0 Å². The maximum Gasteiger partial charge on any atom is 0.255 e. The molecule has 3 aliphatic carbocycles. The molecule has 0 unspecified atom stereocenters. The van der Waals surface area contributed by atoms with Crippen LogP contribution in [0.2, 0.25) is 0 Å². The summed E-state index contributed by atoms with van der Waals surface area (Å²) >= 11 is 0. The number of phenolic OH excluding ortho intramolecular Hbond substituents is 1. The third kappa shape index (κ3) is 4.53. The van der Waals surface area contributed by atoms with Gasteiger partial charge in [-0.15, -0.1) is 0 Å². The van der Waals surface area contributed by atoms with Crippen LogP contribution in [-0.4, -0.2) is 107 Å². The van der Waals surface area contributed by atoms with Crippen LogP contribution in [0, 0.1) is 11.8 Å². The van der Waals surface area contributed by atoms with E-state index < -0.39 is 75.0 Å². The van der Waals surface area contributed by atoms with Crippen molar-refractivity contribution < 1.29 is 72.8 Å². The fourth-order valence-corrected chi connectivity index (χ4v) is 5.50. The van der Waals surface area contributed by atoms with Crippen LogP contribution in [-0.2, 0) is 20.0 Å². The molecular weight excluding hydrogens is 516 g/mol. The van der Waals surface area contributed by atoms with E-state index in [1.54, 1.807) is 0 Å². The van der Waals surface area contributed by atoms with Crippen LogP contribution in [0.3, 0.4) is 0 Å². The summed E-state index contributed by atoms with van der Waals surface area (Å²) < 4.78 is 0. The number of hydrogen-bond acceptors (Lipinski definition) is 9. The molecule has 1 saturated carbocycles. The predicted molar refractivity (Wildman–Crippen MR) is 132 cm³/mol. The lowest BCUT2D eigenvalue weighted by atomic mass is 9.54. The van der Waals surface area contributed by atoms with Gasteiger partial charge in [0.15, 0.2) is 11.4 Å². The number of fused-ring (bicyclic) bond motifs is 3. The molecule has 218 valence electrons. The molecule has 4 rings (SSSR count). The third-order valence-corrected chi connectivity index (χ3v) is 7.02. The van der Waals surface area contributed by atoms with E-state index >= 15 is 0 Å². The van der Waals surface area contributed by atoms with Crippen molar-refractivity contribution in [3.63, 3.8) is 0 Å². The average Bonchev–Trinajstić information content (AvgIpc) is 2.68. The van der Waals surface area contributed by atoms with Crippen LogP contribution < -0.4 is 5.73 Å². The summed E-state index contributed by atoms with van der Waals surface area (Å²) in [6, 6.07) is 3.02. The normalized spacial score (nSPS) is 28.9. The number of aliphatic hydroxyl groups is 4. The van der Waals surface area contributed by atoms with E-state index in [1.165, 1.54) is 44.1 Å². The summed E-state index contributed by atoms with van der Waals surface area (Å²) in [4.78, 5) is 40.0. The van der Waals surface area contributed by atoms with Crippen LogP contribution in [0.25, 0.3) is 5.76 Å². The molecule has 0 saturated heterocycles. The number of benzene rings is 1. The van der Waals surface area contributed by atoms with Gasteiger partial charge in [0.25, 0.3) is 5.91 Å². The summed E-state index contributed by atoms with van der Waals surface area (Å²) in [5, 5.41) is 54.9. The van der Waals surface area contributed by atoms with Crippen LogP contribution >= 0.6 is 0 Å². The minimum atomic E-state index is -2.75. The number of likely N-dealkylation sites (N-methyl/N-ethyl adjacent to an activating group) is 1. The number of primary amides is 1. The third-order valence-electron chi connectivity index (χ3n) is 7.02. The van der Waals surface area contributed by atoms with E-state index in [9.17, 15) is 39.9 Å². The van der Waals surface area contributed by atoms with Gasteiger partial charge in [-0.2, -0.15) is 0 Å². The highest BCUT2D eigenvalue weighted by Crippen LogP contribution is 2.57. The van der Waals surface area contributed by atoms with E-state index in [0.717, 1.165) is 0 Å². The van der Waals surface area contributed by atoms with Crippen LogP contribution in [0.4, 0.5) is 0 Å². The van der Waals surface area contributed by atoms with Gasteiger partial charge in [0.1, 0.15) is 22.8 Å². The molecule has 5 atom stereocenters. The second-order valence-corrected chi connectivity index (χ2v) is 8.96. The van der Waals surface area contributed by atoms with Crippen molar-refractivity contribution in [3.05, 3.63) is 46.2 Å². The highest BCUT2D eigenvalue weighted by atomic mass is 16.3. The van der Waals surface area contributed by atoms with Crippen molar-refractivity contribution in [2.75, 3.05) is 14.1 Å². The zero-order valence-corrected chi connectivity index (χ0v) is 20.7. The Morgan fingerprint density at radius 1 is 1.00 bits per heavy atom. The molecule has 0 heterocycles. The molecule has 1 amide bonds. The lowest BCUT2D eigenvalue weighted by Crippen LogP contribution is -2.67. The Morgan fingerprint density at radius 3 is 2.00 bits per heavy atom. The zero-order chi connectivity index (χ0) is 23.9. The van der Waals surface area contributed by atoms with Gasteiger partial charge in [-0.1, -0.05) is 12.1 Å². The van der Waals surface area contributed by atoms with Crippen LogP contribution in [0.1, 0.15) is 24.5 Å². The van der Waals surface area contributed by atoms with Crippen molar-refractivity contribution in [1.29, 1.82) is 0 Å². The summed E-state index contributed by atoms with van der Waals surface area (Å²) in [6.07, 6.45) is -0.200. The van der Waals surface area contributed by atoms with E-state index in [-0.39, 0.29) is 50.4 Å². The molecule has 0 aliphatic heterocycles. The van der Waals surface area contributed by atoms with Gasteiger partial charge in [-0.3, -0.25) is 19.3 Å². The summed E-state index contributed by atoms with van der Waals surface area (Å²) in [5.74, 6) is -7.90. The first-order valence-electron chi connectivity index (χ1n) is 9.97. The number of amides is 1. The molecule has 1 aromatic rings. The molecule has 38 heavy (non-hydrogen) atoms. The van der Waals surface area contributed by atoms with E-state index in [0.29, 0.717) is 0 Å². The quantitative estimate of drug-likeness (QED) is 0.190. The maximum atomic E-state index is 13.7. The summed E-state index contributed by atoms with van der Waals surface area (Å²) in [5.41, 5.74) is -0.548. The van der Waals surface area contributed by atoms with Crippen molar-refractivity contribution in [1.82, 2.24) is 4.90 Å².